The van der Waals surface area contributed by atoms with Gasteiger partial charge in [-0.25, -0.2) is 8.42 Å². The number of rotatable bonds is 24. The molecule has 10 nitrogen and oxygen atoms in total. The molecule has 0 aliphatic heterocycles. The van der Waals surface area contributed by atoms with Crippen molar-refractivity contribution in [2.45, 2.75) is 139 Å². The Labute approximate surface area is 370 Å². The number of phenolic OH excluding ortho intramolecular Hbond substituents is 1. The van der Waals surface area contributed by atoms with Crippen molar-refractivity contribution in [3.63, 3.8) is 0 Å². The Balaban J connectivity index is 0.000000387. The molecule has 308 valence electrons. The maximum absolute atomic E-state index is 11.8. The van der Waals surface area contributed by atoms with E-state index in [4.69, 9.17) is 9.47 Å². The van der Waals surface area contributed by atoms with E-state index in [2.05, 4.69) is 13.8 Å². The van der Waals surface area contributed by atoms with Crippen LogP contribution in [0.5, 0.6) is 34.5 Å². The summed E-state index contributed by atoms with van der Waals surface area (Å²) in [6.07, 6.45) is 19.3. The van der Waals surface area contributed by atoms with Crippen LogP contribution >= 0.6 is 0 Å². The van der Waals surface area contributed by atoms with Gasteiger partial charge in [-0.3, -0.25) is 4.55 Å². The van der Waals surface area contributed by atoms with Gasteiger partial charge in [0.15, 0.2) is 11.5 Å². The van der Waals surface area contributed by atoms with Crippen LogP contribution in [0.1, 0.15) is 128 Å². The van der Waals surface area contributed by atoms with Gasteiger partial charge in [0.25, 0.3) is 10.1 Å². The largest absolute Gasteiger partial charge is 2.00 e. The molecule has 0 amide bonds. The van der Waals surface area contributed by atoms with Gasteiger partial charge < -0.3 is 24.2 Å². The summed E-state index contributed by atoms with van der Waals surface area (Å²) in [4.78, 5) is -0.293. The van der Waals surface area contributed by atoms with Gasteiger partial charge in [-0.1, -0.05) is 140 Å². The summed E-state index contributed by atoms with van der Waals surface area (Å²) in [5.41, 5.74) is 0.975. The van der Waals surface area contributed by atoms with Crippen LogP contribution in [0, 0.1) is 0 Å². The Bertz CT molecular complexity index is 1840. The summed E-state index contributed by atoms with van der Waals surface area (Å²) >= 11 is 0. The van der Waals surface area contributed by atoms with Crippen molar-refractivity contribution in [3.05, 3.63) is 96.1 Å². The molecule has 0 heterocycles. The van der Waals surface area contributed by atoms with E-state index in [-0.39, 0.29) is 64.8 Å². The van der Waals surface area contributed by atoms with Gasteiger partial charge in [0.2, 0.25) is 0 Å². The van der Waals surface area contributed by atoms with Gasteiger partial charge in [-0.2, -0.15) is 8.42 Å². The fourth-order valence-electron chi connectivity index (χ4n) is 6.36. The molecular weight excluding hydrogens is 793 g/mol. The summed E-state index contributed by atoms with van der Waals surface area (Å²) in [6, 6.07) is 21.5. The standard InChI is InChI=1S/2C22H30O5S.Ca/c2*1-2-3-4-5-6-7-8-9-12-18-17-19(15-16-22(18)28(24,25)26)27-21-14-11-10-13-20(21)23;/h2*10-11,13-17,23H,2-9,12H2,1H3,(H,24,25,26);/q;;+2/p-2. The quantitative estimate of drug-likeness (QED) is 0.0392. The van der Waals surface area contributed by atoms with Crippen molar-refractivity contribution >= 4 is 58.0 Å². The molecular formula is C44H58CaO10S2. The van der Waals surface area contributed by atoms with Crippen LogP contribution in [0.2, 0.25) is 0 Å². The first-order valence-electron chi connectivity index (χ1n) is 19.9. The Hall–Kier alpha value is -2.84. The molecule has 13 heteroatoms. The molecule has 0 saturated carbocycles. The van der Waals surface area contributed by atoms with E-state index < -0.39 is 20.2 Å². The first kappa shape index (κ1) is 50.3. The predicted molar refractivity (Wildman–Crippen MR) is 223 cm³/mol. The molecule has 0 unspecified atom stereocenters. The third kappa shape index (κ3) is 19.2. The van der Waals surface area contributed by atoms with E-state index >= 15 is 0 Å². The third-order valence-corrected chi connectivity index (χ3v) is 11.3. The van der Waals surface area contributed by atoms with Crippen LogP contribution in [0.25, 0.3) is 0 Å². The fourth-order valence-corrected chi connectivity index (χ4v) is 7.80. The molecule has 2 N–H and O–H groups in total. The molecule has 0 aliphatic carbocycles. The Morgan fingerprint density at radius 2 is 0.947 bits per heavy atom. The van der Waals surface area contributed by atoms with E-state index in [0.29, 0.717) is 41.2 Å². The molecule has 0 fully saturated rings. The summed E-state index contributed by atoms with van der Waals surface area (Å²) in [7, 11) is -8.85. The number of aryl methyl sites for hydroxylation is 2. The summed E-state index contributed by atoms with van der Waals surface area (Å²) in [6.45, 7) is 4.39. The minimum absolute atomic E-state index is 0. The second-order valence-corrected chi connectivity index (χ2v) is 16.8. The number of hydrogen-bond acceptors (Lipinski definition) is 9. The molecule has 0 aromatic heterocycles. The normalized spacial score (nSPS) is 11.3. The zero-order valence-electron chi connectivity index (χ0n) is 33.5. The fraction of sp³-hybridized carbons (Fsp3) is 0.455. The number of ether oxygens (including phenoxy) is 2. The topological polar surface area (TPSA) is 173 Å². The predicted octanol–water partition coefficient (Wildman–Crippen LogP) is 10.9. The van der Waals surface area contributed by atoms with Crippen LogP contribution < -0.4 is 14.6 Å². The van der Waals surface area contributed by atoms with E-state index in [9.17, 15) is 36.2 Å². The maximum atomic E-state index is 11.8. The minimum Gasteiger partial charge on any atom is -0.870 e. The Morgan fingerprint density at radius 3 is 1.40 bits per heavy atom. The minimum atomic E-state index is -4.56. The molecule has 0 aliphatic rings. The van der Waals surface area contributed by atoms with Gasteiger partial charge in [0, 0.05) is 0 Å². The summed E-state index contributed by atoms with van der Waals surface area (Å²) < 4.78 is 78.8. The first-order chi connectivity index (χ1) is 26.8. The average molecular weight is 851 g/mol. The van der Waals surface area contributed by atoms with Gasteiger partial charge >= 0.3 is 37.7 Å². The number of hydrogen-bond donors (Lipinski definition) is 2. The van der Waals surface area contributed by atoms with Crippen molar-refractivity contribution in [2.75, 3.05) is 0 Å². The third-order valence-electron chi connectivity index (χ3n) is 9.38. The van der Waals surface area contributed by atoms with E-state index in [1.54, 1.807) is 48.5 Å². The van der Waals surface area contributed by atoms with Crippen molar-refractivity contribution in [1.82, 2.24) is 0 Å². The molecule has 57 heavy (non-hydrogen) atoms. The Kier molecular flexibility index (Phi) is 23.8. The zero-order chi connectivity index (χ0) is 40.8. The van der Waals surface area contributed by atoms with Gasteiger partial charge in [-0.05, 0) is 91.4 Å². The number of aromatic hydroxyl groups is 1. The van der Waals surface area contributed by atoms with Crippen molar-refractivity contribution < 1.29 is 45.6 Å². The smallest absolute Gasteiger partial charge is 0.870 e. The molecule has 4 aromatic carbocycles. The summed E-state index contributed by atoms with van der Waals surface area (Å²) in [5.74, 6) is 0.978. The zero-order valence-corrected chi connectivity index (χ0v) is 37.3. The number of para-hydroxylation sites is 4. The van der Waals surface area contributed by atoms with Crippen LogP contribution in [0.4, 0.5) is 0 Å². The van der Waals surface area contributed by atoms with E-state index in [1.807, 2.05) is 0 Å². The van der Waals surface area contributed by atoms with Crippen LogP contribution in [-0.2, 0) is 33.1 Å². The maximum Gasteiger partial charge on any atom is 2.00 e. The molecule has 0 saturated heterocycles. The first-order valence-corrected chi connectivity index (χ1v) is 22.8. The number of phenols is 1. The van der Waals surface area contributed by atoms with Crippen molar-refractivity contribution in [1.29, 1.82) is 0 Å². The average Bonchev–Trinajstić information content (AvgIpc) is 3.15. The van der Waals surface area contributed by atoms with E-state index in [1.165, 1.54) is 101 Å². The number of unbranched alkanes of at least 4 members (excludes halogenated alkanes) is 14. The number of benzene rings is 4. The monoisotopic (exact) mass is 850 g/mol. The molecule has 4 aromatic rings. The second-order valence-electron chi connectivity index (χ2n) is 14.0. The van der Waals surface area contributed by atoms with Crippen molar-refractivity contribution in [3.8, 4) is 34.5 Å². The van der Waals surface area contributed by atoms with Gasteiger partial charge in [0.1, 0.15) is 27.4 Å². The van der Waals surface area contributed by atoms with Crippen molar-refractivity contribution in [2.24, 2.45) is 0 Å². The molecule has 0 spiro atoms. The summed E-state index contributed by atoms with van der Waals surface area (Å²) in [5, 5.41) is 21.6. The van der Waals surface area contributed by atoms with Gasteiger partial charge in [0.05, 0.1) is 9.79 Å². The molecule has 0 radical (unpaired) electrons. The Morgan fingerprint density at radius 1 is 0.544 bits per heavy atom. The molecule has 4 rings (SSSR count). The SMILES string of the molecule is CCCCCCCCCCc1cc(Oc2ccccc2O)ccc1S(=O)(=O)O.CCCCCCCCCCc1cc(Oc2ccccc2[O-])ccc1S(=O)(=O)[O-].[Ca+2]. The van der Waals surface area contributed by atoms with Crippen LogP contribution in [0.15, 0.2) is 94.7 Å². The molecule has 0 atom stereocenters. The van der Waals surface area contributed by atoms with Crippen LogP contribution in [0.3, 0.4) is 0 Å². The van der Waals surface area contributed by atoms with Crippen LogP contribution in [-0.4, -0.2) is 68.8 Å². The van der Waals surface area contributed by atoms with E-state index in [0.717, 1.165) is 38.5 Å². The van der Waals surface area contributed by atoms with Gasteiger partial charge in [-0.15, -0.1) is 0 Å². The molecule has 0 bridgehead atoms. The second kappa shape index (κ2) is 27.0.